The molecule has 3 nitrogen and oxygen atoms in total. The molecule has 1 atom stereocenters. The number of benzene rings is 2. The van der Waals surface area contributed by atoms with Gasteiger partial charge in [-0.15, -0.1) is 0 Å². The van der Waals surface area contributed by atoms with Crippen LogP contribution in [-0.4, -0.2) is 19.9 Å². The van der Waals surface area contributed by atoms with Crippen LogP contribution in [0.5, 0.6) is 11.5 Å². The first-order valence-corrected chi connectivity index (χ1v) is 6.62. The number of rotatable bonds is 2. The van der Waals surface area contributed by atoms with Crippen molar-refractivity contribution >= 4 is 11.6 Å². The van der Waals surface area contributed by atoms with Gasteiger partial charge in [0.05, 0.1) is 5.56 Å². The zero-order chi connectivity index (χ0) is 14.1. The number of hydrogen-bond acceptors (Lipinski definition) is 3. The number of fused-ring (bicyclic) bond motifs is 1. The van der Waals surface area contributed by atoms with E-state index in [-0.39, 0.29) is 6.23 Å². The second-order valence-corrected chi connectivity index (χ2v) is 4.84. The third kappa shape index (κ3) is 2.21. The van der Waals surface area contributed by atoms with E-state index >= 15 is 0 Å². The lowest BCUT2D eigenvalue weighted by Crippen LogP contribution is -2.39. The summed E-state index contributed by atoms with van der Waals surface area (Å²) in [5.41, 5.74) is 0.914. The molecule has 1 aliphatic heterocycles. The van der Waals surface area contributed by atoms with E-state index in [9.17, 15) is 4.39 Å². The minimum Gasteiger partial charge on any atom is -0.484 e. The first-order chi connectivity index (χ1) is 9.70. The van der Waals surface area contributed by atoms with Crippen LogP contribution in [0.1, 0.15) is 0 Å². The Morgan fingerprint density at radius 3 is 2.80 bits per heavy atom. The number of nitrogens with one attached hydrogen (secondary N) is 1. The molecule has 5 heteroatoms. The fraction of sp³-hybridized carbons (Fsp3) is 0.200. The largest absolute Gasteiger partial charge is 0.484 e. The Morgan fingerprint density at radius 2 is 2.05 bits per heavy atom. The molecule has 1 heterocycles. The molecule has 104 valence electrons. The molecular formula is C15H13ClFNO2. The highest BCUT2D eigenvalue weighted by Gasteiger charge is 2.26. The lowest BCUT2D eigenvalue weighted by Gasteiger charge is -2.28. The number of likely N-dealkylation sites (N-methyl/N-ethyl adjacent to an activating group) is 1. The maximum atomic E-state index is 14.3. The number of ether oxygens (including phenoxy) is 2. The molecule has 1 aliphatic rings. The smallest absolute Gasteiger partial charge is 0.184 e. The van der Waals surface area contributed by atoms with Crippen LogP contribution in [0.4, 0.5) is 4.39 Å². The van der Waals surface area contributed by atoms with Crippen molar-refractivity contribution < 1.29 is 13.9 Å². The summed E-state index contributed by atoms with van der Waals surface area (Å²) in [6.07, 6.45) is -0.314. The zero-order valence-corrected chi connectivity index (χ0v) is 11.6. The van der Waals surface area contributed by atoms with Gasteiger partial charge in [0.2, 0.25) is 0 Å². The van der Waals surface area contributed by atoms with Crippen molar-refractivity contribution in [2.24, 2.45) is 0 Å². The maximum absolute atomic E-state index is 14.3. The molecule has 0 aliphatic carbocycles. The SMILES string of the molecule is CNC1COc2ccc(F)c(-c3ccccc3Cl)c2O1. The first kappa shape index (κ1) is 13.2. The molecule has 0 amide bonds. The van der Waals surface area contributed by atoms with Crippen LogP contribution in [0.25, 0.3) is 11.1 Å². The molecule has 0 radical (unpaired) electrons. The molecule has 0 fully saturated rings. The van der Waals surface area contributed by atoms with Crippen LogP contribution in [0, 0.1) is 5.82 Å². The fourth-order valence-electron chi connectivity index (χ4n) is 2.17. The van der Waals surface area contributed by atoms with Crippen molar-refractivity contribution in [2.45, 2.75) is 6.23 Å². The zero-order valence-electron chi connectivity index (χ0n) is 10.8. The van der Waals surface area contributed by atoms with Gasteiger partial charge in [-0.25, -0.2) is 4.39 Å². The van der Waals surface area contributed by atoms with Crippen LogP contribution in [-0.2, 0) is 0 Å². The van der Waals surface area contributed by atoms with Gasteiger partial charge >= 0.3 is 0 Å². The van der Waals surface area contributed by atoms with Crippen molar-refractivity contribution in [1.82, 2.24) is 5.32 Å². The van der Waals surface area contributed by atoms with Gasteiger partial charge in [-0.05, 0) is 25.2 Å². The lowest BCUT2D eigenvalue weighted by molar-refractivity contribution is 0.0729. The minimum absolute atomic E-state index is 0.314. The standard InChI is InChI=1S/C15H13ClFNO2/c1-18-13-8-19-12-7-6-11(17)14(15(12)20-13)9-4-2-3-5-10(9)16/h2-7,13,18H,8H2,1H3. The third-order valence-electron chi connectivity index (χ3n) is 3.19. The third-order valence-corrected chi connectivity index (χ3v) is 3.52. The van der Waals surface area contributed by atoms with Crippen molar-refractivity contribution in [3.8, 4) is 22.6 Å². The van der Waals surface area contributed by atoms with Crippen molar-refractivity contribution in [3.63, 3.8) is 0 Å². The van der Waals surface area contributed by atoms with Crippen LogP contribution >= 0.6 is 11.6 Å². The summed E-state index contributed by atoms with van der Waals surface area (Å²) in [5, 5.41) is 3.42. The fourth-order valence-corrected chi connectivity index (χ4v) is 2.40. The van der Waals surface area contributed by atoms with Crippen molar-refractivity contribution in [2.75, 3.05) is 13.7 Å². The Bertz CT molecular complexity index is 648. The Labute approximate surface area is 121 Å². The molecule has 0 spiro atoms. The van der Waals surface area contributed by atoms with Gasteiger partial charge in [-0.2, -0.15) is 0 Å². The average Bonchev–Trinajstić information content (AvgIpc) is 2.48. The number of hydrogen-bond donors (Lipinski definition) is 1. The molecule has 0 aromatic heterocycles. The molecule has 1 N–H and O–H groups in total. The van der Waals surface area contributed by atoms with Gasteiger partial charge in [0.15, 0.2) is 17.7 Å². The topological polar surface area (TPSA) is 30.5 Å². The predicted octanol–water partition coefficient (Wildman–Crippen LogP) is 3.46. The van der Waals surface area contributed by atoms with E-state index in [0.29, 0.717) is 34.3 Å². The quantitative estimate of drug-likeness (QED) is 0.920. The highest BCUT2D eigenvalue weighted by Crippen LogP contribution is 2.44. The van der Waals surface area contributed by atoms with Crippen molar-refractivity contribution in [3.05, 3.63) is 47.2 Å². The van der Waals surface area contributed by atoms with Crippen molar-refractivity contribution in [1.29, 1.82) is 0 Å². The van der Waals surface area contributed by atoms with Gasteiger partial charge in [-0.3, -0.25) is 5.32 Å². The summed E-state index contributed by atoms with van der Waals surface area (Å²) in [5.74, 6) is 0.508. The highest BCUT2D eigenvalue weighted by molar-refractivity contribution is 6.33. The second kappa shape index (κ2) is 5.31. The Kier molecular flexibility index (Phi) is 3.51. The van der Waals surface area contributed by atoms with Gasteiger partial charge < -0.3 is 9.47 Å². The van der Waals surface area contributed by atoms with E-state index in [2.05, 4.69) is 5.32 Å². The van der Waals surface area contributed by atoms with E-state index in [1.807, 2.05) is 0 Å². The summed E-state index contributed by atoms with van der Waals surface area (Å²) < 4.78 is 25.6. The van der Waals surface area contributed by atoms with E-state index < -0.39 is 5.82 Å². The summed E-state index contributed by atoms with van der Waals surface area (Å²) in [7, 11) is 1.76. The molecule has 2 aromatic carbocycles. The minimum atomic E-state index is -0.391. The van der Waals surface area contributed by atoms with E-state index in [0.717, 1.165) is 0 Å². The van der Waals surface area contributed by atoms with Crippen LogP contribution in [0.2, 0.25) is 5.02 Å². The van der Waals surface area contributed by atoms with Gasteiger partial charge in [0, 0.05) is 10.6 Å². The van der Waals surface area contributed by atoms with Crippen LogP contribution in [0.3, 0.4) is 0 Å². The highest BCUT2D eigenvalue weighted by atomic mass is 35.5. The predicted molar refractivity (Wildman–Crippen MR) is 75.8 cm³/mol. The molecule has 0 bridgehead atoms. The first-order valence-electron chi connectivity index (χ1n) is 6.25. The second-order valence-electron chi connectivity index (χ2n) is 4.44. The van der Waals surface area contributed by atoms with Gasteiger partial charge in [0.1, 0.15) is 12.4 Å². The molecule has 1 unspecified atom stereocenters. The maximum Gasteiger partial charge on any atom is 0.184 e. The normalized spacial score (nSPS) is 17.1. The molecular weight excluding hydrogens is 281 g/mol. The van der Waals surface area contributed by atoms with Gasteiger partial charge in [-0.1, -0.05) is 29.8 Å². The molecule has 0 saturated carbocycles. The van der Waals surface area contributed by atoms with E-state index in [1.165, 1.54) is 6.07 Å². The van der Waals surface area contributed by atoms with Gasteiger partial charge in [0.25, 0.3) is 0 Å². The van der Waals surface area contributed by atoms with E-state index in [1.54, 1.807) is 37.4 Å². The Hall–Kier alpha value is -1.78. The Morgan fingerprint density at radius 1 is 1.25 bits per heavy atom. The van der Waals surface area contributed by atoms with Crippen LogP contribution < -0.4 is 14.8 Å². The molecule has 3 rings (SSSR count). The molecule has 20 heavy (non-hydrogen) atoms. The lowest BCUT2D eigenvalue weighted by atomic mass is 10.0. The van der Waals surface area contributed by atoms with E-state index in [4.69, 9.17) is 21.1 Å². The monoisotopic (exact) mass is 293 g/mol. The average molecular weight is 294 g/mol. The summed E-state index contributed by atoms with van der Waals surface area (Å²) >= 11 is 6.16. The summed E-state index contributed by atoms with van der Waals surface area (Å²) in [6.45, 7) is 0.372. The summed E-state index contributed by atoms with van der Waals surface area (Å²) in [4.78, 5) is 0. The van der Waals surface area contributed by atoms with Crippen LogP contribution in [0.15, 0.2) is 36.4 Å². The summed E-state index contributed by atoms with van der Waals surface area (Å²) in [6, 6.07) is 10.0. The molecule has 0 saturated heterocycles. The number of halogens is 2. The Balaban J connectivity index is 2.18. The molecule has 2 aromatic rings.